The van der Waals surface area contributed by atoms with Gasteiger partial charge in [0, 0.05) is 31.8 Å². The predicted molar refractivity (Wildman–Crippen MR) is 116 cm³/mol. The van der Waals surface area contributed by atoms with Crippen LogP contribution in [0.3, 0.4) is 0 Å². The Balaban J connectivity index is 1.33. The number of amides is 1. The van der Waals surface area contributed by atoms with Crippen molar-refractivity contribution in [1.82, 2.24) is 10.6 Å². The Hall–Kier alpha value is -3.00. The first-order chi connectivity index (χ1) is 14.7. The zero-order chi connectivity index (χ0) is 21.0. The van der Waals surface area contributed by atoms with E-state index in [2.05, 4.69) is 20.9 Å². The van der Waals surface area contributed by atoms with Gasteiger partial charge in [0.2, 0.25) is 5.91 Å². The number of nitrogens with zero attached hydrogens (tertiary/aromatic N) is 1. The largest absolute Gasteiger partial charge is 0.492 e. The summed E-state index contributed by atoms with van der Waals surface area (Å²) in [6.45, 7) is 5.76. The SMILES string of the molecule is CCNC(=NCCCOCc1ccco1)NCCOc1ccc2c(c1)CCC(=O)N2. The second-order valence-corrected chi connectivity index (χ2v) is 6.89. The van der Waals surface area contributed by atoms with E-state index in [1.807, 2.05) is 37.3 Å². The lowest BCUT2D eigenvalue weighted by atomic mass is 10.0. The maximum absolute atomic E-state index is 11.4. The Morgan fingerprint density at radius 3 is 3.00 bits per heavy atom. The van der Waals surface area contributed by atoms with Crippen LogP contribution in [0.4, 0.5) is 5.69 Å². The summed E-state index contributed by atoms with van der Waals surface area (Å²) in [6, 6.07) is 9.53. The second-order valence-electron chi connectivity index (χ2n) is 6.89. The number of hydrogen-bond acceptors (Lipinski definition) is 5. The van der Waals surface area contributed by atoms with E-state index < -0.39 is 0 Å². The number of fused-ring (bicyclic) bond motifs is 1. The van der Waals surface area contributed by atoms with Crippen molar-refractivity contribution in [2.45, 2.75) is 32.8 Å². The molecule has 8 heteroatoms. The zero-order valence-corrected chi connectivity index (χ0v) is 17.4. The molecule has 0 atom stereocenters. The molecule has 1 aliphatic heterocycles. The Morgan fingerprint density at radius 2 is 2.17 bits per heavy atom. The van der Waals surface area contributed by atoms with E-state index in [9.17, 15) is 4.79 Å². The summed E-state index contributed by atoms with van der Waals surface area (Å²) in [6.07, 6.45) is 3.75. The Labute approximate surface area is 177 Å². The molecule has 1 aromatic carbocycles. The average Bonchev–Trinajstić information content (AvgIpc) is 3.27. The number of carbonyl (C=O) groups is 1. The topological polar surface area (TPSA) is 97.1 Å². The Kier molecular flexibility index (Phi) is 8.59. The first-order valence-corrected chi connectivity index (χ1v) is 10.4. The molecule has 3 N–H and O–H groups in total. The molecule has 1 aromatic heterocycles. The molecule has 162 valence electrons. The van der Waals surface area contributed by atoms with Gasteiger partial charge in [-0.2, -0.15) is 0 Å². The molecule has 0 saturated heterocycles. The quantitative estimate of drug-likeness (QED) is 0.297. The van der Waals surface area contributed by atoms with Crippen LogP contribution in [0, 0.1) is 0 Å². The molecule has 0 unspecified atom stereocenters. The number of hydrogen-bond donors (Lipinski definition) is 3. The molecule has 0 bridgehead atoms. The van der Waals surface area contributed by atoms with Crippen molar-refractivity contribution < 1.29 is 18.7 Å². The molecule has 0 radical (unpaired) electrons. The molecule has 30 heavy (non-hydrogen) atoms. The van der Waals surface area contributed by atoms with E-state index in [0.717, 1.165) is 48.1 Å². The van der Waals surface area contributed by atoms with Crippen LogP contribution in [0.5, 0.6) is 5.75 Å². The highest BCUT2D eigenvalue weighted by molar-refractivity contribution is 5.94. The van der Waals surface area contributed by atoms with E-state index >= 15 is 0 Å². The average molecular weight is 415 g/mol. The van der Waals surface area contributed by atoms with Crippen molar-refractivity contribution in [2.24, 2.45) is 4.99 Å². The van der Waals surface area contributed by atoms with E-state index in [1.54, 1.807) is 6.26 Å². The molecule has 3 rings (SSSR count). The van der Waals surface area contributed by atoms with Gasteiger partial charge in [-0.25, -0.2) is 0 Å². The number of furan rings is 1. The summed E-state index contributed by atoms with van der Waals surface area (Å²) in [5, 5.41) is 9.38. The maximum Gasteiger partial charge on any atom is 0.224 e. The standard InChI is InChI=1S/C22H30N4O4/c1-2-23-22(24-10-4-12-28-16-19-5-3-13-29-19)25-11-14-30-18-7-8-20-17(15-18)6-9-21(27)26-20/h3,5,7-8,13,15H,2,4,6,9-12,14,16H2,1H3,(H,26,27)(H2,23,24,25). The summed E-state index contributed by atoms with van der Waals surface area (Å²) in [4.78, 5) is 16.0. The van der Waals surface area contributed by atoms with Gasteiger partial charge < -0.3 is 29.8 Å². The molecular weight excluding hydrogens is 384 g/mol. The molecule has 2 heterocycles. The summed E-state index contributed by atoms with van der Waals surface area (Å²) in [5.41, 5.74) is 2.00. The van der Waals surface area contributed by atoms with Gasteiger partial charge >= 0.3 is 0 Å². The third-order valence-electron chi connectivity index (χ3n) is 4.52. The minimum atomic E-state index is 0.0692. The first kappa shape index (κ1) is 21.7. The van der Waals surface area contributed by atoms with E-state index in [0.29, 0.717) is 39.3 Å². The number of aliphatic imine (C=N–C) groups is 1. The minimum absolute atomic E-state index is 0.0692. The molecule has 0 saturated carbocycles. The van der Waals surface area contributed by atoms with Crippen LogP contribution < -0.4 is 20.7 Å². The molecular formula is C22H30N4O4. The highest BCUT2D eigenvalue weighted by atomic mass is 16.5. The van der Waals surface area contributed by atoms with Gasteiger partial charge in [-0.1, -0.05) is 0 Å². The maximum atomic E-state index is 11.4. The second kappa shape index (κ2) is 11.9. The lowest BCUT2D eigenvalue weighted by Gasteiger charge is -2.18. The summed E-state index contributed by atoms with van der Waals surface area (Å²) in [7, 11) is 0. The van der Waals surface area contributed by atoms with Gasteiger partial charge in [0.1, 0.15) is 24.7 Å². The van der Waals surface area contributed by atoms with Crippen molar-refractivity contribution >= 4 is 17.6 Å². The van der Waals surface area contributed by atoms with Crippen molar-refractivity contribution in [2.75, 3.05) is 38.2 Å². The number of rotatable bonds is 11. The predicted octanol–water partition coefficient (Wildman–Crippen LogP) is 2.71. The van der Waals surface area contributed by atoms with Crippen molar-refractivity contribution in [3.8, 4) is 5.75 Å². The van der Waals surface area contributed by atoms with E-state index in [-0.39, 0.29) is 5.91 Å². The first-order valence-electron chi connectivity index (χ1n) is 10.4. The number of anilines is 1. The van der Waals surface area contributed by atoms with Gasteiger partial charge in [-0.15, -0.1) is 0 Å². The number of benzene rings is 1. The highest BCUT2D eigenvalue weighted by Crippen LogP contribution is 2.26. The van der Waals surface area contributed by atoms with Crippen LogP contribution in [0.2, 0.25) is 0 Å². The van der Waals surface area contributed by atoms with Crippen LogP contribution in [-0.4, -0.2) is 44.7 Å². The number of carbonyl (C=O) groups excluding carboxylic acids is 1. The fourth-order valence-electron chi connectivity index (χ4n) is 3.05. The Bertz CT molecular complexity index is 821. The van der Waals surface area contributed by atoms with Gasteiger partial charge in [0.25, 0.3) is 0 Å². The van der Waals surface area contributed by atoms with Crippen LogP contribution in [0.1, 0.15) is 31.1 Å². The van der Waals surface area contributed by atoms with Crippen LogP contribution in [0.25, 0.3) is 0 Å². The smallest absolute Gasteiger partial charge is 0.224 e. The molecule has 2 aromatic rings. The van der Waals surface area contributed by atoms with E-state index in [4.69, 9.17) is 13.9 Å². The van der Waals surface area contributed by atoms with Crippen molar-refractivity contribution in [3.63, 3.8) is 0 Å². The van der Waals surface area contributed by atoms with Crippen molar-refractivity contribution in [1.29, 1.82) is 0 Å². The fourth-order valence-corrected chi connectivity index (χ4v) is 3.05. The molecule has 0 spiro atoms. The molecule has 1 aliphatic rings. The number of nitrogens with one attached hydrogen (secondary N) is 3. The third kappa shape index (κ3) is 7.11. The van der Waals surface area contributed by atoms with Crippen LogP contribution in [-0.2, 0) is 22.6 Å². The zero-order valence-electron chi connectivity index (χ0n) is 17.4. The van der Waals surface area contributed by atoms with Crippen LogP contribution >= 0.6 is 0 Å². The van der Waals surface area contributed by atoms with E-state index in [1.165, 1.54) is 0 Å². The summed E-state index contributed by atoms with van der Waals surface area (Å²) < 4.78 is 16.6. The number of ether oxygens (including phenoxy) is 2. The number of aryl methyl sites for hydroxylation is 1. The number of guanidine groups is 1. The fraction of sp³-hybridized carbons (Fsp3) is 0.455. The third-order valence-corrected chi connectivity index (χ3v) is 4.52. The Morgan fingerprint density at radius 1 is 1.23 bits per heavy atom. The molecule has 8 nitrogen and oxygen atoms in total. The van der Waals surface area contributed by atoms with Crippen LogP contribution in [0.15, 0.2) is 46.0 Å². The lowest BCUT2D eigenvalue weighted by molar-refractivity contribution is -0.116. The van der Waals surface area contributed by atoms with Gasteiger partial charge in [0.05, 0.1) is 12.8 Å². The lowest BCUT2D eigenvalue weighted by Crippen LogP contribution is -2.39. The minimum Gasteiger partial charge on any atom is -0.492 e. The molecule has 1 amide bonds. The highest BCUT2D eigenvalue weighted by Gasteiger charge is 2.14. The van der Waals surface area contributed by atoms with Gasteiger partial charge in [-0.3, -0.25) is 9.79 Å². The molecule has 0 aliphatic carbocycles. The van der Waals surface area contributed by atoms with Gasteiger partial charge in [0.15, 0.2) is 5.96 Å². The van der Waals surface area contributed by atoms with Gasteiger partial charge in [-0.05, 0) is 55.7 Å². The normalized spacial score (nSPS) is 13.5. The van der Waals surface area contributed by atoms with Crippen molar-refractivity contribution in [3.05, 3.63) is 47.9 Å². The summed E-state index contributed by atoms with van der Waals surface area (Å²) >= 11 is 0. The molecule has 0 fully saturated rings. The monoisotopic (exact) mass is 414 g/mol. The summed E-state index contributed by atoms with van der Waals surface area (Å²) in [5.74, 6) is 2.47.